The summed E-state index contributed by atoms with van der Waals surface area (Å²) >= 11 is 5.05. The average Bonchev–Trinajstić information content (AvgIpc) is 3.29. The summed E-state index contributed by atoms with van der Waals surface area (Å²) in [5.41, 5.74) is 5.18. The molecule has 186 valence electrons. The summed E-state index contributed by atoms with van der Waals surface area (Å²) in [5.74, 6) is 2.86. The number of thioether (sulfide) groups is 2. The third-order valence-electron chi connectivity index (χ3n) is 5.76. The lowest BCUT2D eigenvalue weighted by atomic mass is 9.80. The third-order valence-corrected chi connectivity index (χ3v) is 9.19. The number of allylic oxidation sites excluding steroid dienone is 2. The molecular formula is C27H32N2O3S3. The highest BCUT2D eigenvalue weighted by Gasteiger charge is 2.32. The Kier molecular flexibility index (Phi) is 11.2. The number of nitrogens with zero attached hydrogens (tertiary/aromatic N) is 1. The summed E-state index contributed by atoms with van der Waals surface area (Å²) in [6.07, 6.45) is 9.56. The van der Waals surface area contributed by atoms with Gasteiger partial charge >= 0.3 is 0 Å². The zero-order valence-electron chi connectivity index (χ0n) is 20.2. The first-order valence-corrected chi connectivity index (χ1v) is 14.3. The zero-order valence-corrected chi connectivity index (χ0v) is 22.6. The third kappa shape index (κ3) is 7.36. The Balaban J connectivity index is 0.000000509. The summed E-state index contributed by atoms with van der Waals surface area (Å²) in [6.45, 7) is 4.60. The molecule has 0 saturated carbocycles. The number of aldehydes is 1. The number of thiophene rings is 1. The van der Waals surface area contributed by atoms with E-state index in [0.29, 0.717) is 12.1 Å². The van der Waals surface area contributed by atoms with Gasteiger partial charge in [0, 0.05) is 23.5 Å². The van der Waals surface area contributed by atoms with Crippen LogP contribution in [0.25, 0.3) is 0 Å². The minimum absolute atomic E-state index is 0.174. The topological polar surface area (TPSA) is 70.9 Å². The molecule has 0 radical (unpaired) electrons. The van der Waals surface area contributed by atoms with Gasteiger partial charge in [-0.3, -0.25) is 4.79 Å². The summed E-state index contributed by atoms with van der Waals surface area (Å²) < 4.78 is 6.32. The van der Waals surface area contributed by atoms with E-state index in [9.17, 15) is 10.0 Å². The van der Waals surface area contributed by atoms with Gasteiger partial charge in [0.25, 0.3) is 0 Å². The van der Waals surface area contributed by atoms with Gasteiger partial charge in [0.2, 0.25) is 0 Å². The monoisotopic (exact) mass is 528 g/mol. The summed E-state index contributed by atoms with van der Waals surface area (Å²) in [4.78, 5) is 12.5. The Hall–Kier alpha value is -2.26. The minimum atomic E-state index is 0.174. The van der Waals surface area contributed by atoms with E-state index in [1.165, 1.54) is 16.9 Å². The van der Waals surface area contributed by atoms with Crippen molar-refractivity contribution in [3.05, 3.63) is 81.6 Å². The lowest BCUT2D eigenvalue weighted by Gasteiger charge is -2.25. The van der Waals surface area contributed by atoms with E-state index in [2.05, 4.69) is 34.6 Å². The molecule has 2 aliphatic rings. The summed E-state index contributed by atoms with van der Waals surface area (Å²) in [6, 6.07) is 7.99. The Morgan fingerprint density at radius 1 is 1.31 bits per heavy atom. The van der Waals surface area contributed by atoms with Crippen LogP contribution in [0.3, 0.4) is 0 Å². The molecule has 35 heavy (non-hydrogen) atoms. The van der Waals surface area contributed by atoms with Crippen molar-refractivity contribution < 1.29 is 14.7 Å². The van der Waals surface area contributed by atoms with Gasteiger partial charge in [-0.2, -0.15) is 0 Å². The number of oxime groups is 1. The first kappa shape index (κ1) is 27.3. The molecule has 0 saturated heterocycles. The van der Waals surface area contributed by atoms with E-state index in [4.69, 9.17) is 4.74 Å². The van der Waals surface area contributed by atoms with Crippen LogP contribution < -0.4 is 10.1 Å². The largest absolute Gasteiger partial charge is 0.497 e. The summed E-state index contributed by atoms with van der Waals surface area (Å²) in [5, 5.41) is 18.5. The molecule has 0 amide bonds. The van der Waals surface area contributed by atoms with E-state index in [1.807, 2.05) is 37.4 Å². The normalized spacial score (nSPS) is 17.7. The first-order chi connectivity index (χ1) is 17.1. The van der Waals surface area contributed by atoms with E-state index in [-0.39, 0.29) is 5.92 Å². The minimum Gasteiger partial charge on any atom is -0.497 e. The van der Waals surface area contributed by atoms with Crippen LogP contribution in [0, 0.1) is 0 Å². The Morgan fingerprint density at radius 3 is 2.69 bits per heavy atom. The molecule has 4 rings (SSSR count). The van der Waals surface area contributed by atoms with Crippen LogP contribution in [0.5, 0.6) is 5.75 Å². The highest BCUT2D eigenvalue weighted by atomic mass is 32.2. The van der Waals surface area contributed by atoms with Crippen LogP contribution in [0.4, 0.5) is 0 Å². The number of rotatable bonds is 9. The van der Waals surface area contributed by atoms with Crippen molar-refractivity contribution >= 4 is 46.9 Å². The van der Waals surface area contributed by atoms with Gasteiger partial charge in [0.15, 0.2) is 6.29 Å². The van der Waals surface area contributed by atoms with E-state index in [0.717, 1.165) is 68.7 Å². The maximum absolute atomic E-state index is 11.8. The summed E-state index contributed by atoms with van der Waals surface area (Å²) in [7, 11) is 3.58. The average molecular weight is 529 g/mol. The number of fused-ring (bicyclic) bond motifs is 1. The number of benzene rings is 1. The van der Waals surface area contributed by atoms with Crippen molar-refractivity contribution in [2.75, 3.05) is 32.2 Å². The lowest BCUT2D eigenvalue weighted by molar-refractivity contribution is 0.112. The predicted octanol–water partition coefficient (Wildman–Crippen LogP) is 6.54. The molecular weight excluding hydrogens is 497 g/mol. The first-order valence-electron chi connectivity index (χ1n) is 11.5. The second-order valence-corrected chi connectivity index (χ2v) is 11.3. The van der Waals surface area contributed by atoms with Crippen LogP contribution in [0.15, 0.2) is 69.4 Å². The molecule has 2 aromatic rings. The van der Waals surface area contributed by atoms with Crippen molar-refractivity contribution in [3.63, 3.8) is 0 Å². The molecule has 1 aromatic carbocycles. The van der Waals surface area contributed by atoms with E-state index < -0.39 is 0 Å². The van der Waals surface area contributed by atoms with E-state index >= 15 is 0 Å². The van der Waals surface area contributed by atoms with Crippen molar-refractivity contribution in [2.45, 2.75) is 29.4 Å². The predicted molar refractivity (Wildman–Crippen MR) is 151 cm³/mol. The molecule has 1 unspecified atom stereocenters. The van der Waals surface area contributed by atoms with Gasteiger partial charge in [-0.15, -0.1) is 41.4 Å². The smallest absolute Gasteiger partial charge is 0.160 e. The van der Waals surface area contributed by atoms with Crippen LogP contribution in [0.2, 0.25) is 0 Å². The molecule has 2 heterocycles. The zero-order chi connectivity index (χ0) is 25.0. The SMILES string of the molecule is C=CCCNC.COc1ccc(C2C/C(=N\O)c3c(SCC4=CC=CSC4)sc(C=O)c3C2)cc1. The maximum atomic E-state index is 11.8. The van der Waals surface area contributed by atoms with Crippen molar-refractivity contribution in [2.24, 2.45) is 5.16 Å². The molecule has 8 heteroatoms. The standard InChI is InChI=1S/C22H21NO3S3.C5H11N/c1-26-17-6-4-15(5-7-17)16-9-18-20(11-24)29-22(21(18)19(10-16)23-25)28-13-14-3-2-8-27-12-14;1-3-4-5-6-2/h2-8,11,16,25H,9-10,12-13H2,1H3;3,6H,1,4-5H2,2H3/b23-19+;. The molecule has 5 nitrogen and oxygen atoms in total. The number of carbonyl (C=O) groups is 1. The van der Waals surface area contributed by atoms with Gasteiger partial charge in [0.1, 0.15) is 5.75 Å². The van der Waals surface area contributed by atoms with Crippen molar-refractivity contribution in [1.29, 1.82) is 0 Å². The lowest BCUT2D eigenvalue weighted by Crippen LogP contribution is -2.19. The van der Waals surface area contributed by atoms with Crippen LogP contribution in [-0.2, 0) is 6.42 Å². The molecule has 0 bridgehead atoms. The van der Waals surface area contributed by atoms with Gasteiger partial charge in [-0.25, -0.2) is 0 Å². The van der Waals surface area contributed by atoms with Crippen LogP contribution in [0.1, 0.15) is 45.1 Å². The second-order valence-electron chi connectivity index (χ2n) is 8.08. The molecule has 1 atom stereocenters. The molecule has 0 fully saturated rings. The van der Waals surface area contributed by atoms with Gasteiger partial charge in [0.05, 0.1) is 21.9 Å². The van der Waals surface area contributed by atoms with Gasteiger partial charge < -0.3 is 15.3 Å². The number of methoxy groups -OCH3 is 1. The second kappa shape index (κ2) is 14.3. The number of hydrogen-bond acceptors (Lipinski definition) is 8. The van der Waals surface area contributed by atoms with Crippen molar-refractivity contribution in [3.8, 4) is 5.75 Å². The molecule has 1 aromatic heterocycles. The molecule has 2 N–H and O–H groups in total. The van der Waals surface area contributed by atoms with Gasteiger partial charge in [-0.1, -0.05) is 35.5 Å². The Bertz CT molecular complexity index is 1090. The van der Waals surface area contributed by atoms with Gasteiger partial charge in [-0.05, 0) is 66.6 Å². The molecule has 0 spiro atoms. The highest BCUT2D eigenvalue weighted by molar-refractivity contribution is 8.03. The number of carbonyl (C=O) groups excluding carboxylic acids is 1. The number of hydrogen-bond donors (Lipinski definition) is 2. The van der Waals surface area contributed by atoms with Crippen LogP contribution >= 0.6 is 34.9 Å². The quantitative estimate of drug-likeness (QED) is 0.0962. The Morgan fingerprint density at radius 2 is 2.11 bits per heavy atom. The number of nitrogens with one attached hydrogen (secondary N) is 1. The fraction of sp³-hybridized carbons (Fsp3) is 0.333. The van der Waals surface area contributed by atoms with Crippen molar-refractivity contribution in [1.82, 2.24) is 5.32 Å². The molecule has 1 aliphatic heterocycles. The molecule has 1 aliphatic carbocycles. The maximum Gasteiger partial charge on any atom is 0.160 e. The highest BCUT2D eigenvalue weighted by Crippen LogP contribution is 2.44. The fourth-order valence-corrected chi connectivity index (χ4v) is 7.24. The van der Waals surface area contributed by atoms with Crippen LogP contribution in [-0.4, -0.2) is 49.4 Å². The van der Waals surface area contributed by atoms with E-state index in [1.54, 1.807) is 30.6 Å². The Labute approximate surface area is 220 Å². The fourth-order valence-electron chi connectivity index (χ4n) is 3.94. The number of ether oxygens (including phenoxy) is 1.